The molecule has 0 spiro atoms. The maximum Gasteiger partial charge on any atom is 0.256 e. The van der Waals surface area contributed by atoms with Crippen molar-refractivity contribution in [3.8, 4) is 0 Å². The second-order valence-corrected chi connectivity index (χ2v) is 6.21. The predicted octanol–water partition coefficient (Wildman–Crippen LogP) is 2.90. The van der Waals surface area contributed by atoms with Crippen LogP contribution in [0.4, 0.5) is 5.82 Å². The molecular formula is C19H16N4O. The molecule has 3 heterocycles. The van der Waals surface area contributed by atoms with Crippen LogP contribution in [-0.4, -0.2) is 21.3 Å². The molecule has 0 aliphatic carbocycles. The summed E-state index contributed by atoms with van der Waals surface area (Å²) >= 11 is 0. The highest BCUT2D eigenvalue weighted by molar-refractivity contribution is 6.05. The fourth-order valence-electron chi connectivity index (χ4n) is 3.60. The molecule has 2 aromatic heterocycles. The van der Waals surface area contributed by atoms with Gasteiger partial charge >= 0.3 is 0 Å². The normalized spacial score (nSPS) is 13.8. The SMILES string of the molecule is O=c1[nH]c2ccc(CN3CCn4nccc43)cc2c2ccccc12. The summed E-state index contributed by atoms with van der Waals surface area (Å²) in [7, 11) is 0. The predicted molar refractivity (Wildman–Crippen MR) is 95.4 cm³/mol. The molecule has 1 N–H and O–H groups in total. The van der Waals surface area contributed by atoms with E-state index in [1.165, 1.54) is 11.4 Å². The lowest BCUT2D eigenvalue weighted by atomic mass is 10.0. The zero-order valence-corrected chi connectivity index (χ0v) is 13.1. The number of fused-ring (bicyclic) bond motifs is 4. The number of rotatable bonds is 2. The topological polar surface area (TPSA) is 53.9 Å². The zero-order valence-electron chi connectivity index (χ0n) is 13.1. The number of H-pyrrole nitrogens is 1. The van der Waals surface area contributed by atoms with E-state index in [4.69, 9.17) is 0 Å². The summed E-state index contributed by atoms with van der Waals surface area (Å²) in [5.74, 6) is 1.17. The Morgan fingerprint density at radius 3 is 2.79 bits per heavy atom. The van der Waals surface area contributed by atoms with E-state index < -0.39 is 0 Å². The standard InChI is InChI=1S/C19H16N4O/c24-19-15-4-2-1-3-14(15)16-11-13(5-6-17(16)21-19)12-22-9-10-23-18(22)7-8-20-23/h1-8,11H,9-10,12H2,(H,21,24). The van der Waals surface area contributed by atoms with Crippen molar-refractivity contribution >= 4 is 27.5 Å². The number of aromatic nitrogens is 3. The molecule has 0 saturated carbocycles. The van der Waals surface area contributed by atoms with E-state index in [0.717, 1.165) is 41.3 Å². The molecule has 0 amide bonds. The van der Waals surface area contributed by atoms with Crippen molar-refractivity contribution in [3.63, 3.8) is 0 Å². The summed E-state index contributed by atoms with van der Waals surface area (Å²) < 4.78 is 2.04. The van der Waals surface area contributed by atoms with Crippen LogP contribution >= 0.6 is 0 Å². The van der Waals surface area contributed by atoms with Crippen LogP contribution < -0.4 is 10.5 Å². The third-order valence-corrected chi connectivity index (χ3v) is 4.77. The summed E-state index contributed by atoms with van der Waals surface area (Å²) in [4.78, 5) is 17.5. The van der Waals surface area contributed by atoms with Gasteiger partial charge in [-0.1, -0.05) is 24.3 Å². The number of hydrogen-bond donors (Lipinski definition) is 1. The fraction of sp³-hybridized carbons (Fsp3) is 0.158. The van der Waals surface area contributed by atoms with Gasteiger partial charge in [0.25, 0.3) is 5.56 Å². The molecule has 5 rings (SSSR count). The number of hydrogen-bond acceptors (Lipinski definition) is 3. The number of pyridine rings is 1. The van der Waals surface area contributed by atoms with Crippen molar-refractivity contribution in [3.05, 3.63) is 70.6 Å². The van der Waals surface area contributed by atoms with E-state index in [2.05, 4.69) is 33.2 Å². The van der Waals surface area contributed by atoms with E-state index in [-0.39, 0.29) is 5.56 Å². The molecule has 5 heteroatoms. The minimum absolute atomic E-state index is 0.0331. The van der Waals surface area contributed by atoms with Gasteiger partial charge in [0.15, 0.2) is 0 Å². The quantitative estimate of drug-likeness (QED) is 0.579. The van der Waals surface area contributed by atoms with Gasteiger partial charge in [0.1, 0.15) is 5.82 Å². The van der Waals surface area contributed by atoms with Crippen molar-refractivity contribution in [2.24, 2.45) is 0 Å². The van der Waals surface area contributed by atoms with E-state index in [9.17, 15) is 4.79 Å². The molecule has 0 radical (unpaired) electrons. The fourth-order valence-corrected chi connectivity index (χ4v) is 3.60. The number of anilines is 1. The highest BCUT2D eigenvalue weighted by Gasteiger charge is 2.19. The van der Waals surface area contributed by atoms with Crippen molar-refractivity contribution in [2.75, 3.05) is 11.4 Å². The average molecular weight is 316 g/mol. The molecule has 24 heavy (non-hydrogen) atoms. The van der Waals surface area contributed by atoms with Crippen molar-refractivity contribution < 1.29 is 0 Å². The smallest absolute Gasteiger partial charge is 0.256 e. The van der Waals surface area contributed by atoms with Gasteiger partial charge in [0, 0.05) is 35.4 Å². The number of nitrogens with one attached hydrogen (secondary N) is 1. The lowest BCUT2D eigenvalue weighted by Crippen LogP contribution is -2.19. The molecule has 0 unspecified atom stereocenters. The Hall–Kier alpha value is -3.08. The summed E-state index contributed by atoms with van der Waals surface area (Å²) in [5, 5.41) is 7.16. The lowest BCUT2D eigenvalue weighted by molar-refractivity contribution is 0.686. The first-order valence-electron chi connectivity index (χ1n) is 8.10. The Kier molecular flexibility index (Phi) is 2.76. The third-order valence-electron chi connectivity index (χ3n) is 4.77. The third kappa shape index (κ3) is 1.94. The Bertz CT molecular complexity index is 1130. The molecule has 118 valence electrons. The molecule has 0 saturated heterocycles. The van der Waals surface area contributed by atoms with Gasteiger partial charge in [-0.05, 0) is 29.1 Å². The maximum atomic E-state index is 12.2. The molecule has 0 fully saturated rings. The van der Waals surface area contributed by atoms with Gasteiger partial charge in [-0.2, -0.15) is 5.10 Å². The Labute approximate surface area is 138 Å². The van der Waals surface area contributed by atoms with Gasteiger partial charge in [-0.3, -0.25) is 4.79 Å². The first kappa shape index (κ1) is 13.4. The van der Waals surface area contributed by atoms with Crippen LogP contribution in [0, 0.1) is 0 Å². The summed E-state index contributed by atoms with van der Waals surface area (Å²) in [6.07, 6.45) is 1.85. The Balaban J connectivity index is 1.62. The van der Waals surface area contributed by atoms with Crippen molar-refractivity contribution in [1.29, 1.82) is 0 Å². The van der Waals surface area contributed by atoms with Gasteiger partial charge in [0.2, 0.25) is 0 Å². The van der Waals surface area contributed by atoms with Gasteiger partial charge < -0.3 is 9.88 Å². The van der Waals surface area contributed by atoms with Crippen LogP contribution in [0.5, 0.6) is 0 Å². The van der Waals surface area contributed by atoms with Crippen LogP contribution in [-0.2, 0) is 13.1 Å². The maximum absolute atomic E-state index is 12.2. The second-order valence-electron chi connectivity index (χ2n) is 6.21. The number of nitrogens with zero attached hydrogens (tertiary/aromatic N) is 3. The summed E-state index contributed by atoms with van der Waals surface area (Å²) in [6.45, 7) is 2.76. The van der Waals surface area contributed by atoms with E-state index >= 15 is 0 Å². The monoisotopic (exact) mass is 316 g/mol. The molecule has 1 aliphatic heterocycles. The first-order chi connectivity index (χ1) is 11.8. The molecule has 0 bridgehead atoms. The van der Waals surface area contributed by atoms with Crippen molar-refractivity contribution in [1.82, 2.24) is 14.8 Å². The first-order valence-corrected chi connectivity index (χ1v) is 8.10. The van der Waals surface area contributed by atoms with Crippen molar-refractivity contribution in [2.45, 2.75) is 13.1 Å². The largest absolute Gasteiger partial charge is 0.351 e. The molecule has 4 aromatic rings. The molecule has 2 aromatic carbocycles. The molecule has 0 atom stereocenters. The van der Waals surface area contributed by atoms with E-state index in [0.29, 0.717) is 0 Å². The number of benzene rings is 2. The van der Waals surface area contributed by atoms with Gasteiger partial charge in [-0.15, -0.1) is 0 Å². The average Bonchev–Trinajstić information content (AvgIpc) is 3.21. The molecule has 5 nitrogen and oxygen atoms in total. The van der Waals surface area contributed by atoms with Crippen LogP contribution in [0.3, 0.4) is 0 Å². The molecule has 1 aliphatic rings. The molecular weight excluding hydrogens is 300 g/mol. The van der Waals surface area contributed by atoms with E-state index in [1.54, 1.807) is 0 Å². The minimum Gasteiger partial charge on any atom is -0.351 e. The van der Waals surface area contributed by atoms with Crippen LogP contribution in [0.15, 0.2) is 59.5 Å². The van der Waals surface area contributed by atoms with E-state index in [1.807, 2.05) is 41.2 Å². The van der Waals surface area contributed by atoms with Crippen LogP contribution in [0.25, 0.3) is 21.7 Å². The summed E-state index contributed by atoms with van der Waals surface area (Å²) in [6, 6.07) is 16.1. The highest BCUT2D eigenvalue weighted by atomic mass is 16.1. The highest BCUT2D eigenvalue weighted by Crippen LogP contribution is 2.25. The zero-order chi connectivity index (χ0) is 16.1. The van der Waals surface area contributed by atoms with Crippen LogP contribution in [0.1, 0.15) is 5.56 Å². The number of aromatic amines is 1. The summed E-state index contributed by atoms with van der Waals surface area (Å²) in [5.41, 5.74) is 2.08. The Morgan fingerprint density at radius 1 is 1.00 bits per heavy atom. The second kappa shape index (κ2) is 4.96. The lowest BCUT2D eigenvalue weighted by Gasteiger charge is -2.17. The van der Waals surface area contributed by atoms with Gasteiger partial charge in [-0.25, -0.2) is 4.68 Å². The van der Waals surface area contributed by atoms with Crippen LogP contribution in [0.2, 0.25) is 0 Å². The van der Waals surface area contributed by atoms with Gasteiger partial charge in [0.05, 0.1) is 12.7 Å². The Morgan fingerprint density at radius 2 is 1.88 bits per heavy atom. The minimum atomic E-state index is -0.0331.